The molecule has 0 fully saturated rings. The van der Waals surface area contributed by atoms with Crippen LogP contribution in [-0.2, 0) is 15.6 Å². The van der Waals surface area contributed by atoms with Gasteiger partial charge in [-0.3, -0.25) is 4.79 Å². The van der Waals surface area contributed by atoms with Crippen LogP contribution in [0, 0.1) is 0 Å². The highest BCUT2D eigenvalue weighted by molar-refractivity contribution is 7.90. The van der Waals surface area contributed by atoms with E-state index >= 15 is 0 Å². The fourth-order valence-corrected chi connectivity index (χ4v) is 3.30. The van der Waals surface area contributed by atoms with E-state index < -0.39 is 40.5 Å². The number of sulfone groups is 1. The van der Waals surface area contributed by atoms with Crippen LogP contribution in [0.4, 0.5) is 8.78 Å². The average molecular weight is 395 g/mol. The molecule has 138 valence electrons. The van der Waals surface area contributed by atoms with E-state index in [-0.39, 0.29) is 28.6 Å². The third-order valence-electron chi connectivity index (χ3n) is 3.21. The van der Waals surface area contributed by atoms with Gasteiger partial charge in [-0.25, -0.2) is 17.2 Å². The van der Waals surface area contributed by atoms with Crippen molar-refractivity contribution >= 4 is 28.2 Å². The van der Waals surface area contributed by atoms with E-state index in [4.69, 9.17) is 10.2 Å². The topological polar surface area (TPSA) is 102 Å². The number of amides is 1. The van der Waals surface area contributed by atoms with Gasteiger partial charge < -0.3 is 15.5 Å². The lowest BCUT2D eigenvalue weighted by Gasteiger charge is -2.14. The van der Waals surface area contributed by atoms with Gasteiger partial charge in [0.15, 0.2) is 15.6 Å². The lowest BCUT2D eigenvalue weighted by atomic mass is 10.2. The number of alkyl halides is 2. The number of hydrogen-bond donors (Lipinski definition) is 2. The van der Waals surface area contributed by atoms with Crippen molar-refractivity contribution in [3.05, 3.63) is 54.0 Å². The molecule has 10 heteroatoms. The highest BCUT2D eigenvalue weighted by atomic mass is 35.5. The molecule has 0 aliphatic heterocycles. The van der Waals surface area contributed by atoms with Crippen LogP contribution in [0.2, 0.25) is 0 Å². The molecule has 2 rings (SSSR count). The van der Waals surface area contributed by atoms with Crippen molar-refractivity contribution in [2.45, 2.75) is 16.6 Å². The van der Waals surface area contributed by atoms with Crippen molar-refractivity contribution in [3.8, 4) is 0 Å². The Bertz CT molecular complexity index is 810. The fraction of sp³-hybridized carbons (Fsp3) is 0.267. The van der Waals surface area contributed by atoms with Gasteiger partial charge in [-0.2, -0.15) is 0 Å². The summed E-state index contributed by atoms with van der Waals surface area (Å²) in [5, 5.41) is 1.98. The van der Waals surface area contributed by atoms with E-state index in [2.05, 4.69) is 0 Å². The number of nitrogens with two attached hydrogens (primary N) is 1. The van der Waals surface area contributed by atoms with Crippen molar-refractivity contribution in [2.75, 3.05) is 13.1 Å². The predicted molar refractivity (Wildman–Crippen MR) is 89.6 cm³/mol. The van der Waals surface area contributed by atoms with Crippen LogP contribution < -0.4 is 11.1 Å². The normalized spacial score (nSPS) is 11.6. The van der Waals surface area contributed by atoms with Gasteiger partial charge in [-0.1, -0.05) is 18.2 Å². The molecule has 0 aliphatic rings. The van der Waals surface area contributed by atoms with Crippen LogP contribution in [0.15, 0.2) is 52.0 Å². The first kappa shape index (κ1) is 21.1. The minimum Gasteiger partial charge on any atom is -0.459 e. The lowest BCUT2D eigenvalue weighted by molar-refractivity contribution is 0.0115. The van der Waals surface area contributed by atoms with E-state index in [0.717, 1.165) is 6.26 Å². The van der Waals surface area contributed by atoms with Crippen molar-refractivity contribution in [1.82, 2.24) is 5.32 Å². The third kappa shape index (κ3) is 5.52. The molecule has 0 aliphatic carbocycles. The van der Waals surface area contributed by atoms with Gasteiger partial charge in [0.2, 0.25) is 0 Å². The smallest absolute Gasteiger partial charge is 0.287 e. The number of benzene rings is 1. The maximum absolute atomic E-state index is 13.1. The van der Waals surface area contributed by atoms with E-state index in [1.165, 1.54) is 18.2 Å². The van der Waals surface area contributed by atoms with E-state index in [1.54, 1.807) is 18.2 Å². The number of hydrogen-bond acceptors (Lipinski definition) is 5. The number of carbonyl (C=O) groups is 1. The zero-order valence-corrected chi connectivity index (χ0v) is 14.6. The summed E-state index contributed by atoms with van der Waals surface area (Å²) in [7, 11) is -3.70. The molecule has 0 spiro atoms. The summed E-state index contributed by atoms with van der Waals surface area (Å²) < 4.78 is 55.8. The first-order chi connectivity index (χ1) is 11.2. The lowest BCUT2D eigenvalue weighted by Crippen LogP contribution is -2.41. The monoisotopic (exact) mass is 394 g/mol. The Balaban J connectivity index is 0.00000312. The summed E-state index contributed by atoms with van der Waals surface area (Å²) in [6, 6.07) is 8.99. The second-order valence-corrected chi connectivity index (χ2v) is 7.08. The van der Waals surface area contributed by atoms with Crippen LogP contribution in [-0.4, -0.2) is 33.3 Å². The van der Waals surface area contributed by atoms with E-state index in [1.807, 2.05) is 5.32 Å². The van der Waals surface area contributed by atoms with Crippen LogP contribution in [0.3, 0.4) is 0 Å². The van der Waals surface area contributed by atoms with Crippen LogP contribution in [0.1, 0.15) is 16.1 Å². The Labute approximate surface area is 149 Å². The molecule has 1 aromatic carbocycles. The molecule has 2 aromatic rings. The summed E-state index contributed by atoms with van der Waals surface area (Å²) in [5.74, 6) is -4.98. The summed E-state index contributed by atoms with van der Waals surface area (Å²) in [6.45, 7) is -1.88. The molecular weight excluding hydrogens is 378 g/mol. The molecule has 0 saturated heterocycles. The SMILES string of the molecule is Cl.NCC(F)(F)CNC(=O)c1occc1CS(=O)(=O)c1ccccc1. The van der Waals surface area contributed by atoms with Gasteiger partial charge in [-0.15, -0.1) is 12.4 Å². The zero-order valence-electron chi connectivity index (χ0n) is 12.9. The molecule has 0 unspecified atom stereocenters. The molecule has 1 heterocycles. The predicted octanol–water partition coefficient (Wildman–Crippen LogP) is 2.00. The van der Waals surface area contributed by atoms with Crippen molar-refractivity contribution in [3.63, 3.8) is 0 Å². The van der Waals surface area contributed by atoms with Gasteiger partial charge in [0.05, 0.1) is 30.0 Å². The molecular formula is C15H17ClF2N2O4S. The van der Waals surface area contributed by atoms with Crippen molar-refractivity contribution in [2.24, 2.45) is 5.73 Å². The molecule has 1 amide bonds. The second kappa shape index (κ2) is 8.41. The first-order valence-electron chi connectivity index (χ1n) is 6.95. The molecule has 0 atom stereocenters. The van der Waals surface area contributed by atoms with Crippen molar-refractivity contribution < 1.29 is 26.4 Å². The third-order valence-corrected chi connectivity index (χ3v) is 4.89. The Morgan fingerprint density at radius 3 is 2.44 bits per heavy atom. The van der Waals surface area contributed by atoms with Gasteiger partial charge >= 0.3 is 0 Å². The maximum Gasteiger partial charge on any atom is 0.287 e. The summed E-state index contributed by atoms with van der Waals surface area (Å²) in [5.41, 5.74) is 4.97. The number of halogens is 3. The van der Waals surface area contributed by atoms with Crippen LogP contribution in [0.5, 0.6) is 0 Å². The average Bonchev–Trinajstić information content (AvgIpc) is 3.01. The minimum absolute atomic E-state index is 0. The number of furan rings is 1. The van der Waals surface area contributed by atoms with Gasteiger partial charge in [0.1, 0.15) is 0 Å². The van der Waals surface area contributed by atoms with Crippen molar-refractivity contribution in [1.29, 1.82) is 0 Å². The molecule has 3 N–H and O–H groups in total. The molecule has 25 heavy (non-hydrogen) atoms. The van der Waals surface area contributed by atoms with Gasteiger partial charge in [-0.05, 0) is 18.2 Å². The maximum atomic E-state index is 13.1. The van der Waals surface area contributed by atoms with Crippen LogP contribution >= 0.6 is 12.4 Å². The zero-order chi connectivity index (χ0) is 17.8. The van der Waals surface area contributed by atoms with Crippen LogP contribution in [0.25, 0.3) is 0 Å². The largest absolute Gasteiger partial charge is 0.459 e. The molecule has 0 radical (unpaired) electrons. The Morgan fingerprint density at radius 2 is 1.84 bits per heavy atom. The first-order valence-corrected chi connectivity index (χ1v) is 8.61. The van der Waals surface area contributed by atoms with E-state index in [0.29, 0.717) is 0 Å². The number of carbonyl (C=O) groups excluding carboxylic acids is 1. The number of rotatable bonds is 7. The summed E-state index contributed by atoms with van der Waals surface area (Å²) in [4.78, 5) is 12.0. The summed E-state index contributed by atoms with van der Waals surface area (Å²) in [6.07, 6.45) is 1.13. The van der Waals surface area contributed by atoms with Gasteiger partial charge in [0, 0.05) is 5.56 Å². The molecule has 0 saturated carbocycles. The molecule has 0 bridgehead atoms. The minimum atomic E-state index is -3.70. The Kier molecular flexibility index (Phi) is 7.09. The Morgan fingerprint density at radius 1 is 1.20 bits per heavy atom. The Hall–Kier alpha value is -1.97. The quantitative estimate of drug-likeness (QED) is 0.747. The second-order valence-electron chi connectivity index (χ2n) is 5.09. The number of nitrogens with one attached hydrogen (secondary N) is 1. The molecule has 6 nitrogen and oxygen atoms in total. The van der Waals surface area contributed by atoms with E-state index in [9.17, 15) is 22.0 Å². The standard InChI is InChI=1S/C15H16F2N2O4S.ClH/c16-15(17,9-18)10-19-14(20)13-11(6-7-23-13)8-24(21,22)12-4-2-1-3-5-12;/h1-7H,8-10,18H2,(H,19,20);1H. The highest BCUT2D eigenvalue weighted by Gasteiger charge is 2.29. The molecule has 1 aromatic heterocycles. The highest BCUT2D eigenvalue weighted by Crippen LogP contribution is 2.20. The fourth-order valence-electron chi connectivity index (χ4n) is 1.93. The summed E-state index contributed by atoms with van der Waals surface area (Å²) >= 11 is 0. The van der Waals surface area contributed by atoms with Gasteiger partial charge in [0.25, 0.3) is 11.8 Å².